The zero-order chi connectivity index (χ0) is 16.7. The highest BCUT2D eigenvalue weighted by atomic mass is 32.1. The standard InChI is InChI=1S/C18H27N3OS/c1-4-11-19-18(23)21(14-17-6-5-12-22-17)13-15-7-9-16(10-8-15)20(2)3/h4,7-10,17H,1,5-6,11-14H2,2-3H3,(H,19,23)/t17-/m0/s1. The van der Waals surface area contributed by atoms with Crippen LogP contribution in [-0.2, 0) is 11.3 Å². The third-order valence-electron chi connectivity index (χ3n) is 3.96. The number of ether oxygens (including phenoxy) is 1. The van der Waals surface area contributed by atoms with Crippen molar-refractivity contribution >= 4 is 23.0 Å². The first-order valence-electron chi connectivity index (χ1n) is 8.11. The van der Waals surface area contributed by atoms with Gasteiger partial charge in [0.1, 0.15) is 0 Å². The van der Waals surface area contributed by atoms with Gasteiger partial charge in [-0.05, 0) is 42.8 Å². The van der Waals surface area contributed by atoms with Crippen LogP contribution in [0.1, 0.15) is 18.4 Å². The molecule has 0 saturated carbocycles. The molecule has 0 spiro atoms. The summed E-state index contributed by atoms with van der Waals surface area (Å²) in [5, 5.41) is 3.99. The molecule has 0 bridgehead atoms. The van der Waals surface area contributed by atoms with Crippen molar-refractivity contribution in [2.45, 2.75) is 25.5 Å². The lowest BCUT2D eigenvalue weighted by atomic mass is 10.1. The van der Waals surface area contributed by atoms with Gasteiger partial charge in [-0.25, -0.2) is 0 Å². The minimum atomic E-state index is 0.277. The number of nitrogens with one attached hydrogen (secondary N) is 1. The van der Waals surface area contributed by atoms with Crippen LogP contribution in [0.4, 0.5) is 5.69 Å². The first-order chi connectivity index (χ1) is 11.1. The highest BCUT2D eigenvalue weighted by Crippen LogP contribution is 2.17. The molecule has 1 fully saturated rings. The second kappa shape index (κ2) is 8.89. The molecule has 1 aliphatic heterocycles. The van der Waals surface area contributed by atoms with E-state index in [1.807, 2.05) is 20.2 Å². The van der Waals surface area contributed by atoms with E-state index in [1.54, 1.807) is 0 Å². The van der Waals surface area contributed by atoms with Crippen LogP contribution >= 0.6 is 12.2 Å². The molecule has 0 unspecified atom stereocenters. The summed E-state index contributed by atoms with van der Waals surface area (Å²) in [5.41, 5.74) is 2.45. The number of anilines is 1. The maximum absolute atomic E-state index is 5.77. The Kier molecular flexibility index (Phi) is 6.86. The van der Waals surface area contributed by atoms with E-state index >= 15 is 0 Å². The molecule has 1 aromatic rings. The van der Waals surface area contributed by atoms with Gasteiger partial charge in [-0.3, -0.25) is 0 Å². The molecule has 2 rings (SSSR count). The van der Waals surface area contributed by atoms with Crippen molar-refractivity contribution in [3.05, 3.63) is 42.5 Å². The lowest BCUT2D eigenvalue weighted by Crippen LogP contribution is -2.43. The van der Waals surface area contributed by atoms with Crippen molar-refractivity contribution in [2.24, 2.45) is 0 Å². The molecule has 0 aromatic heterocycles. The topological polar surface area (TPSA) is 27.7 Å². The average molecular weight is 334 g/mol. The van der Waals surface area contributed by atoms with Crippen molar-refractivity contribution < 1.29 is 4.74 Å². The molecule has 0 aliphatic carbocycles. The molecule has 23 heavy (non-hydrogen) atoms. The van der Waals surface area contributed by atoms with Crippen molar-refractivity contribution in [3.8, 4) is 0 Å². The zero-order valence-corrected chi connectivity index (χ0v) is 14.9. The number of hydrogen-bond acceptors (Lipinski definition) is 3. The molecule has 1 aromatic carbocycles. The maximum Gasteiger partial charge on any atom is 0.169 e. The summed E-state index contributed by atoms with van der Waals surface area (Å²) in [6, 6.07) is 8.60. The summed E-state index contributed by atoms with van der Waals surface area (Å²) in [6.45, 7) is 6.90. The van der Waals surface area contributed by atoms with E-state index in [9.17, 15) is 0 Å². The van der Waals surface area contributed by atoms with E-state index in [1.165, 1.54) is 11.3 Å². The first-order valence-corrected chi connectivity index (χ1v) is 8.52. The fourth-order valence-corrected chi connectivity index (χ4v) is 2.87. The minimum absolute atomic E-state index is 0.277. The molecule has 4 nitrogen and oxygen atoms in total. The van der Waals surface area contributed by atoms with Gasteiger partial charge in [0.15, 0.2) is 5.11 Å². The summed E-state index contributed by atoms with van der Waals surface area (Å²) in [7, 11) is 4.10. The number of hydrogen-bond donors (Lipinski definition) is 1. The van der Waals surface area contributed by atoms with Crippen LogP contribution in [0.2, 0.25) is 0 Å². The highest BCUT2D eigenvalue weighted by molar-refractivity contribution is 7.80. The largest absolute Gasteiger partial charge is 0.378 e. The molecule has 1 saturated heterocycles. The molecule has 126 valence electrons. The lowest BCUT2D eigenvalue weighted by Gasteiger charge is -2.28. The highest BCUT2D eigenvalue weighted by Gasteiger charge is 2.21. The number of thiocarbonyl (C=S) groups is 1. The normalized spacial score (nSPS) is 16.9. The molecule has 0 amide bonds. The minimum Gasteiger partial charge on any atom is -0.378 e. The molecular weight excluding hydrogens is 306 g/mol. The van der Waals surface area contributed by atoms with Gasteiger partial charge in [0, 0.05) is 46.0 Å². The van der Waals surface area contributed by atoms with E-state index in [2.05, 4.69) is 46.0 Å². The fourth-order valence-electron chi connectivity index (χ4n) is 2.64. The summed E-state index contributed by atoms with van der Waals surface area (Å²) in [5.74, 6) is 0. The third-order valence-corrected chi connectivity index (χ3v) is 4.36. The van der Waals surface area contributed by atoms with E-state index in [0.717, 1.165) is 37.7 Å². The second-order valence-electron chi connectivity index (χ2n) is 6.05. The molecule has 0 radical (unpaired) electrons. The summed E-state index contributed by atoms with van der Waals surface area (Å²) < 4.78 is 5.77. The maximum atomic E-state index is 5.77. The van der Waals surface area contributed by atoms with Crippen LogP contribution in [0, 0.1) is 0 Å². The van der Waals surface area contributed by atoms with Gasteiger partial charge in [0.2, 0.25) is 0 Å². The Morgan fingerprint density at radius 1 is 1.39 bits per heavy atom. The van der Waals surface area contributed by atoms with E-state index in [4.69, 9.17) is 17.0 Å². The van der Waals surface area contributed by atoms with Crippen LogP contribution in [0.15, 0.2) is 36.9 Å². The quantitative estimate of drug-likeness (QED) is 0.612. The molecule has 1 N–H and O–H groups in total. The summed E-state index contributed by atoms with van der Waals surface area (Å²) in [4.78, 5) is 4.30. The Morgan fingerprint density at radius 2 is 2.13 bits per heavy atom. The van der Waals surface area contributed by atoms with Crippen molar-refractivity contribution in [1.29, 1.82) is 0 Å². The van der Waals surface area contributed by atoms with Crippen molar-refractivity contribution in [2.75, 3.05) is 38.7 Å². The Labute approximate surface area is 145 Å². The molecule has 1 heterocycles. The smallest absolute Gasteiger partial charge is 0.169 e. The van der Waals surface area contributed by atoms with Gasteiger partial charge < -0.3 is 19.9 Å². The zero-order valence-electron chi connectivity index (χ0n) is 14.1. The molecule has 1 aliphatic rings. The van der Waals surface area contributed by atoms with Crippen molar-refractivity contribution in [1.82, 2.24) is 10.2 Å². The van der Waals surface area contributed by atoms with Crippen LogP contribution in [0.5, 0.6) is 0 Å². The predicted octanol–water partition coefficient (Wildman–Crippen LogP) is 2.79. The summed E-state index contributed by atoms with van der Waals surface area (Å²) >= 11 is 5.55. The van der Waals surface area contributed by atoms with Crippen LogP contribution < -0.4 is 10.2 Å². The molecule has 5 heteroatoms. The van der Waals surface area contributed by atoms with Gasteiger partial charge >= 0.3 is 0 Å². The Morgan fingerprint density at radius 3 is 2.70 bits per heavy atom. The van der Waals surface area contributed by atoms with Crippen LogP contribution in [0.3, 0.4) is 0 Å². The summed E-state index contributed by atoms with van der Waals surface area (Å²) in [6.07, 6.45) is 4.35. The monoisotopic (exact) mass is 333 g/mol. The Balaban J connectivity index is 2.02. The molecule has 1 atom stereocenters. The van der Waals surface area contributed by atoms with Gasteiger partial charge in [-0.1, -0.05) is 18.2 Å². The Bertz CT molecular complexity index is 510. The second-order valence-corrected chi connectivity index (χ2v) is 6.44. The number of rotatable bonds is 7. The Hall–Kier alpha value is -1.59. The van der Waals surface area contributed by atoms with Gasteiger partial charge in [-0.15, -0.1) is 6.58 Å². The predicted molar refractivity (Wildman–Crippen MR) is 101 cm³/mol. The third kappa shape index (κ3) is 5.52. The van der Waals surface area contributed by atoms with Crippen LogP contribution in [-0.4, -0.2) is 49.9 Å². The van der Waals surface area contributed by atoms with Gasteiger partial charge in [-0.2, -0.15) is 0 Å². The lowest BCUT2D eigenvalue weighted by molar-refractivity contribution is 0.0898. The van der Waals surface area contributed by atoms with E-state index < -0.39 is 0 Å². The average Bonchev–Trinajstić information content (AvgIpc) is 3.05. The van der Waals surface area contributed by atoms with E-state index in [0.29, 0.717) is 6.54 Å². The first kappa shape index (κ1) is 17.8. The fraction of sp³-hybridized carbons (Fsp3) is 0.500. The van der Waals surface area contributed by atoms with Gasteiger partial charge in [0.05, 0.1) is 6.10 Å². The number of nitrogens with zero attached hydrogens (tertiary/aromatic N) is 2. The van der Waals surface area contributed by atoms with Gasteiger partial charge in [0.25, 0.3) is 0 Å². The SMILES string of the molecule is C=CCNC(=S)N(Cc1ccc(N(C)C)cc1)C[C@@H]1CCCO1. The van der Waals surface area contributed by atoms with E-state index in [-0.39, 0.29) is 6.10 Å². The van der Waals surface area contributed by atoms with Crippen molar-refractivity contribution in [3.63, 3.8) is 0 Å². The van der Waals surface area contributed by atoms with Crippen LogP contribution in [0.25, 0.3) is 0 Å². The molecular formula is C18H27N3OS. The number of benzene rings is 1.